The summed E-state index contributed by atoms with van der Waals surface area (Å²) in [6.07, 6.45) is 1.32. The van der Waals surface area contributed by atoms with Crippen LogP contribution >= 0.6 is 0 Å². The first-order valence-electron chi connectivity index (χ1n) is 9.76. The largest absolute Gasteiger partial charge is 0.486 e. The van der Waals surface area contributed by atoms with Crippen molar-refractivity contribution in [1.29, 1.82) is 0 Å². The minimum atomic E-state index is -0.249. The molecule has 0 saturated carbocycles. The molecule has 0 aliphatic carbocycles. The van der Waals surface area contributed by atoms with Gasteiger partial charge in [-0.1, -0.05) is 30.3 Å². The summed E-state index contributed by atoms with van der Waals surface area (Å²) in [4.78, 5) is 17.4. The highest BCUT2D eigenvalue weighted by Crippen LogP contribution is 2.30. The van der Waals surface area contributed by atoms with E-state index in [0.717, 1.165) is 22.3 Å². The first-order chi connectivity index (χ1) is 14.7. The van der Waals surface area contributed by atoms with E-state index in [1.807, 2.05) is 67.6 Å². The molecule has 30 heavy (non-hydrogen) atoms. The summed E-state index contributed by atoms with van der Waals surface area (Å²) >= 11 is 0. The number of pyridine rings is 1. The summed E-state index contributed by atoms with van der Waals surface area (Å²) in [7, 11) is 0. The van der Waals surface area contributed by atoms with Crippen molar-refractivity contribution in [2.75, 3.05) is 13.2 Å². The smallest absolute Gasteiger partial charge is 0.254 e. The van der Waals surface area contributed by atoms with E-state index in [1.54, 1.807) is 10.9 Å². The van der Waals surface area contributed by atoms with E-state index < -0.39 is 0 Å². The van der Waals surface area contributed by atoms with Crippen LogP contribution < -0.4 is 14.8 Å². The zero-order valence-corrected chi connectivity index (χ0v) is 16.4. The maximum absolute atomic E-state index is 12.7. The molecule has 4 aromatic rings. The summed E-state index contributed by atoms with van der Waals surface area (Å²) < 4.78 is 13.3. The van der Waals surface area contributed by atoms with E-state index in [4.69, 9.17) is 9.47 Å². The maximum atomic E-state index is 12.7. The van der Waals surface area contributed by atoms with Crippen LogP contribution in [0.1, 0.15) is 16.1 Å². The van der Waals surface area contributed by atoms with Crippen LogP contribution in [0.3, 0.4) is 0 Å². The number of rotatable bonds is 4. The molecule has 1 atom stereocenters. The maximum Gasteiger partial charge on any atom is 0.254 e. The lowest BCUT2D eigenvalue weighted by Gasteiger charge is -2.26. The van der Waals surface area contributed by atoms with Gasteiger partial charge in [0.15, 0.2) is 17.3 Å². The van der Waals surface area contributed by atoms with Crippen LogP contribution in [-0.4, -0.2) is 39.9 Å². The van der Waals surface area contributed by atoms with Crippen molar-refractivity contribution in [3.8, 4) is 17.3 Å². The Kier molecular flexibility index (Phi) is 4.55. The second-order valence-electron chi connectivity index (χ2n) is 7.13. The highest BCUT2D eigenvalue weighted by molar-refractivity contribution is 5.95. The molecular formula is C23H20N4O3. The van der Waals surface area contributed by atoms with Gasteiger partial charge in [-0.05, 0) is 37.3 Å². The van der Waals surface area contributed by atoms with E-state index in [1.165, 1.54) is 0 Å². The Morgan fingerprint density at radius 2 is 1.90 bits per heavy atom. The molecule has 0 spiro atoms. The number of ether oxygens (including phenoxy) is 2. The van der Waals surface area contributed by atoms with Gasteiger partial charge in [-0.3, -0.25) is 4.79 Å². The predicted octanol–water partition coefficient (Wildman–Crippen LogP) is 3.30. The van der Waals surface area contributed by atoms with Crippen LogP contribution in [0.4, 0.5) is 0 Å². The Balaban J connectivity index is 1.29. The monoisotopic (exact) mass is 400 g/mol. The fourth-order valence-electron chi connectivity index (χ4n) is 3.50. The molecule has 1 aliphatic heterocycles. The number of benzene rings is 2. The molecule has 2 aromatic carbocycles. The van der Waals surface area contributed by atoms with E-state index in [0.29, 0.717) is 30.3 Å². The van der Waals surface area contributed by atoms with Crippen LogP contribution in [0.25, 0.3) is 16.7 Å². The molecule has 7 heteroatoms. The van der Waals surface area contributed by atoms with Crippen LogP contribution in [-0.2, 0) is 0 Å². The zero-order valence-electron chi connectivity index (χ0n) is 16.4. The first kappa shape index (κ1) is 18.2. The molecule has 1 N–H and O–H groups in total. The molecule has 2 aromatic heterocycles. The third kappa shape index (κ3) is 3.34. The topological polar surface area (TPSA) is 78.3 Å². The fourth-order valence-corrected chi connectivity index (χ4v) is 3.50. The summed E-state index contributed by atoms with van der Waals surface area (Å²) in [5.74, 6) is 1.88. The van der Waals surface area contributed by atoms with Crippen molar-refractivity contribution in [1.82, 2.24) is 20.1 Å². The lowest BCUT2D eigenvalue weighted by molar-refractivity contribution is 0.0789. The zero-order chi connectivity index (χ0) is 20.5. The van der Waals surface area contributed by atoms with Gasteiger partial charge in [0.1, 0.15) is 12.7 Å². The Hall–Kier alpha value is -3.87. The molecule has 0 bridgehead atoms. The molecule has 7 nitrogen and oxygen atoms in total. The standard InChI is InChI=1S/C23H20N4O3/c1-15-18(13-25-27(15)22-11-10-16-6-2-3-7-19(16)26-22)23(28)24-12-17-14-29-20-8-4-5-9-21(20)30-17/h2-11,13,17H,12,14H2,1H3,(H,24,28). The van der Waals surface area contributed by atoms with Crippen molar-refractivity contribution >= 4 is 16.8 Å². The Bertz CT molecular complexity index is 1230. The van der Waals surface area contributed by atoms with Gasteiger partial charge in [-0.15, -0.1) is 0 Å². The van der Waals surface area contributed by atoms with Gasteiger partial charge >= 0.3 is 0 Å². The molecular weight excluding hydrogens is 380 g/mol. The third-order valence-corrected chi connectivity index (χ3v) is 5.11. The van der Waals surface area contributed by atoms with E-state index in [-0.39, 0.29) is 12.0 Å². The van der Waals surface area contributed by atoms with E-state index in [2.05, 4.69) is 15.4 Å². The molecule has 0 radical (unpaired) electrons. The van der Waals surface area contributed by atoms with Gasteiger partial charge in [0.05, 0.1) is 29.5 Å². The molecule has 150 valence electrons. The van der Waals surface area contributed by atoms with Crippen LogP contribution in [0.2, 0.25) is 0 Å². The van der Waals surface area contributed by atoms with Gasteiger partial charge in [-0.25, -0.2) is 9.67 Å². The highest BCUT2D eigenvalue weighted by atomic mass is 16.6. The van der Waals surface area contributed by atoms with Gasteiger partial charge < -0.3 is 14.8 Å². The minimum absolute atomic E-state index is 0.206. The molecule has 5 rings (SSSR count). The number of hydrogen-bond donors (Lipinski definition) is 1. The van der Waals surface area contributed by atoms with Crippen LogP contribution in [0, 0.1) is 6.92 Å². The number of nitrogens with zero attached hydrogens (tertiary/aromatic N) is 3. The molecule has 1 aliphatic rings. The lowest BCUT2D eigenvalue weighted by atomic mass is 10.2. The Labute approximate surface area is 173 Å². The number of aromatic nitrogens is 3. The molecule has 1 unspecified atom stereocenters. The van der Waals surface area contributed by atoms with Gasteiger partial charge in [0, 0.05) is 5.39 Å². The number of fused-ring (bicyclic) bond motifs is 2. The second kappa shape index (κ2) is 7.51. The van der Waals surface area contributed by atoms with Crippen molar-refractivity contribution in [3.05, 3.63) is 78.1 Å². The quantitative estimate of drug-likeness (QED) is 0.569. The number of para-hydroxylation sites is 3. The van der Waals surface area contributed by atoms with Crippen molar-refractivity contribution in [2.45, 2.75) is 13.0 Å². The number of carbonyl (C=O) groups excluding carboxylic acids is 1. The molecule has 3 heterocycles. The lowest BCUT2D eigenvalue weighted by Crippen LogP contribution is -2.40. The SMILES string of the molecule is Cc1c(C(=O)NCC2COc3ccccc3O2)cnn1-c1ccc2ccccc2n1. The summed E-state index contributed by atoms with van der Waals surface area (Å²) in [6, 6.07) is 19.3. The van der Waals surface area contributed by atoms with Crippen molar-refractivity contribution in [3.63, 3.8) is 0 Å². The second-order valence-corrected chi connectivity index (χ2v) is 7.13. The molecule has 0 fully saturated rings. The summed E-state index contributed by atoms with van der Waals surface area (Å²) in [6.45, 7) is 2.58. The predicted molar refractivity (Wildman–Crippen MR) is 112 cm³/mol. The fraction of sp³-hybridized carbons (Fsp3) is 0.174. The highest BCUT2D eigenvalue weighted by Gasteiger charge is 2.22. The Morgan fingerprint density at radius 3 is 2.80 bits per heavy atom. The third-order valence-electron chi connectivity index (χ3n) is 5.11. The Morgan fingerprint density at radius 1 is 1.10 bits per heavy atom. The van der Waals surface area contributed by atoms with Crippen LogP contribution in [0.5, 0.6) is 11.5 Å². The normalized spacial score (nSPS) is 15.2. The minimum Gasteiger partial charge on any atom is -0.486 e. The number of hydrogen-bond acceptors (Lipinski definition) is 5. The van der Waals surface area contributed by atoms with Gasteiger partial charge in [-0.2, -0.15) is 5.10 Å². The average Bonchev–Trinajstić information content (AvgIpc) is 3.18. The van der Waals surface area contributed by atoms with Gasteiger partial charge in [0.25, 0.3) is 5.91 Å². The number of amides is 1. The number of nitrogens with one attached hydrogen (secondary N) is 1. The summed E-state index contributed by atoms with van der Waals surface area (Å²) in [5, 5.41) is 8.35. The average molecular weight is 400 g/mol. The molecule has 1 amide bonds. The van der Waals surface area contributed by atoms with Crippen LogP contribution in [0.15, 0.2) is 66.9 Å². The molecule has 0 saturated heterocycles. The van der Waals surface area contributed by atoms with Gasteiger partial charge in [0.2, 0.25) is 0 Å². The van der Waals surface area contributed by atoms with E-state index >= 15 is 0 Å². The summed E-state index contributed by atoms with van der Waals surface area (Å²) in [5.41, 5.74) is 2.11. The first-order valence-corrected chi connectivity index (χ1v) is 9.76. The number of carbonyl (C=O) groups is 1. The van der Waals surface area contributed by atoms with E-state index in [9.17, 15) is 4.79 Å². The van der Waals surface area contributed by atoms with Crippen molar-refractivity contribution < 1.29 is 14.3 Å². The van der Waals surface area contributed by atoms with Crippen molar-refractivity contribution in [2.24, 2.45) is 0 Å².